The Balaban J connectivity index is 2.19. The number of thioether (sulfide) groups is 1. The zero-order chi connectivity index (χ0) is 12.3. The van der Waals surface area contributed by atoms with Gasteiger partial charge in [-0.25, -0.2) is 0 Å². The maximum Gasteiger partial charge on any atom is 0.233 e. The lowest BCUT2D eigenvalue weighted by Crippen LogP contribution is -2.34. The molecule has 0 aliphatic carbocycles. The molecule has 3 nitrogen and oxygen atoms in total. The molecule has 0 spiro atoms. The average molecular weight is 250 g/mol. The summed E-state index contributed by atoms with van der Waals surface area (Å²) in [5.74, 6) is 0.849. The first kappa shape index (κ1) is 12.5. The van der Waals surface area contributed by atoms with E-state index in [2.05, 4.69) is 24.4 Å². The molecular formula is C13H18N2OS. The zero-order valence-corrected chi connectivity index (χ0v) is 11.1. The van der Waals surface area contributed by atoms with Crippen LogP contribution < -0.4 is 5.32 Å². The van der Waals surface area contributed by atoms with Crippen LogP contribution in [0.4, 0.5) is 0 Å². The van der Waals surface area contributed by atoms with E-state index in [4.69, 9.17) is 0 Å². The Morgan fingerprint density at radius 1 is 1.47 bits per heavy atom. The number of hydrogen-bond acceptors (Lipinski definition) is 3. The van der Waals surface area contributed by atoms with Gasteiger partial charge < -0.3 is 10.2 Å². The molecule has 1 N–H and O–H groups in total. The Labute approximate surface area is 107 Å². The van der Waals surface area contributed by atoms with Gasteiger partial charge in [0.1, 0.15) is 5.37 Å². The van der Waals surface area contributed by atoms with E-state index in [1.165, 1.54) is 11.1 Å². The van der Waals surface area contributed by atoms with E-state index in [0.29, 0.717) is 5.75 Å². The molecule has 1 fully saturated rings. The molecule has 0 saturated carbocycles. The van der Waals surface area contributed by atoms with Gasteiger partial charge in [0.05, 0.1) is 5.75 Å². The van der Waals surface area contributed by atoms with Crippen molar-refractivity contribution in [2.24, 2.45) is 0 Å². The van der Waals surface area contributed by atoms with Crippen molar-refractivity contribution in [2.75, 3.05) is 25.9 Å². The molecule has 1 unspecified atom stereocenters. The Morgan fingerprint density at radius 2 is 2.24 bits per heavy atom. The predicted octanol–water partition coefficient (Wildman–Crippen LogP) is 1.79. The van der Waals surface area contributed by atoms with Crippen molar-refractivity contribution in [1.82, 2.24) is 10.2 Å². The van der Waals surface area contributed by atoms with Crippen molar-refractivity contribution in [3.05, 3.63) is 35.4 Å². The lowest BCUT2D eigenvalue weighted by atomic mass is 10.1. The SMILES string of the molecule is CNCCN1C(=O)CSC1c1ccccc1C. The summed E-state index contributed by atoms with van der Waals surface area (Å²) in [5, 5.41) is 3.29. The summed E-state index contributed by atoms with van der Waals surface area (Å²) >= 11 is 1.72. The third-order valence-corrected chi connectivity index (χ3v) is 4.26. The number of likely N-dealkylation sites (N-methyl/N-ethyl adjacent to an activating group) is 1. The minimum atomic E-state index is 0.192. The molecule has 1 aromatic rings. The monoisotopic (exact) mass is 250 g/mol. The number of benzene rings is 1. The number of rotatable bonds is 4. The highest BCUT2D eigenvalue weighted by molar-refractivity contribution is 8.00. The van der Waals surface area contributed by atoms with Crippen molar-refractivity contribution in [3.8, 4) is 0 Å². The van der Waals surface area contributed by atoms with Gasteiger partial charge in [-0.05, 0) is 25.1 Å². The smallest absolute Gasteiger partial charge is 0.233 e. The summed E-state index contributed by atoms with van der Waals surface area (Å²) in [5.41, 5.74) is 2.52. The number of amides is 1. The largest absolute Gasteiger partial charge is 0.325 e. The minimum Gasteiger partial charge on any atom is -0.325 e. The van der Waals surface area contributed by atoms with E-state index in [-0.39, 0.29) is 11.3 Å². The normalized spacial score (nSPS) is 20.0. The Bertz CT molecular complexity index is 408. The number of aryl methyl sites for hydroxylation is 1. The van der Waals surface area contributed by atoms with Crippen LogP contribution in [0, 0.1) is 6.92 Å². The molecule has 1 heterocycles. The number of carbonyl (C=O) groups excluding carboxylic acids is 1. The standard InChI is InChI=1S/C13H18N2OS/c1-10-5-3-4-6-11(10)13-15(8-7-14-2)12(16)9-17-13/h3-6,13-14H,7-9H2,1-2H3. The van der Waals surface area contributed by atoms with Crippen LogP contribution in [0.1, 0.15) is 16.5 Å². The maximum atomic E-state index is 11.9. The fraction of sp³-hybridized carbons (Fsp3) is 0.462. The van der Waals surface area contributed by atoms with Crippen molar-refractivity contribution in [1.29, 1.82) is 0 Å². The number of nitrogens with zero attached hydrogens (tertiary/aromatic N) is 1. The second kappa shape index (κ2) is 5.56. The second-order valence-electron chi connectivity index (χ2n) is 4.21. The summed E-state index contributed by atoms with van der Waals surface area (Å²) in [6.45, 7) is 3.73. The van der Waals surface area contributed by atoms with Gasteiger partial charge in [0.25, 0.3) is 0 Å². The zero-order valence-electron chi connectivity index (χ0n) is 10.3. The first-order chi connectivity index (χ1) is 8.24. The maximum absolute atomic E-state index is 11.9. The van der Waals surface area contributed by atoms with Crippen LogP contribution in [0.2, 0.25) is 0 Å². The fourth-order valence-corrected chi connectivity index (χ4v) is 3.36. The highest BCUT2D eigenvalue weighted by atomic mass is 32.2. The van der Waals surface area contributed by atoms with E-state index < -0.39 is 0 Å². The Kier molecular flexibility index (Phi) is 4.07. The molecule has 0 aromatic heterocycles. The van der Waals surface area contributed by atoms with Gasteiger partial charge in [0.2, 0.25) is 5.91 Å². The first-order valence-corrected chi connectivity index (χ1v) is 6.90. The van der Waals surface area contributed by atoms with Crippen LogP contribution in [-0.2, 0) is 4.79 Å². The Hall–Kier alpha value is -1.00. The van der Waals surface area contributed by atoms with Crippen LogP contribution >= 0.6 is 11.8 Å². The summed E-state index contributed by atoms with van der Waals surface area (Å²) in [6.07, 6.45) is 0. The van der Waals surface area contributed by atoms with Crippen molar-refractivity contribution < 1.29 is 4.79 Å². The van der Waals surface area contributed by atoms with E-state index in [0.717, 1.165) is 13.1 Å². The van der Waals surface area contributed by atoms with Crippen molar-refractivity contribution in [3.63, 3.8) is 0 Å². The molecule has 1 saturated heterocycles. The third kappa shape index (κ3) is 2.64. The molecule has 1 aromatic carbocycles. The number of carbonyl (C=O) groups is 1. The van der Waals surface area contributed by atoms with Crippen LogP contribution in [0.3, 0.4) is 0 Å². The Morgan fingerprint density at radius 3 is 2.94 bits per heavy atom. The topological polar surface area (TPSA) is 32.3 Å². The van der Waals surface area contributed by atoms with E-state index in [1.807, 2.05) is 24.1 Å². The van der Waals surface area contributed by atoms with Crippen molar-refractivity contribution >= 4 is 17.7 Å². The summed E-state index contributed by atoms with van der Waals surface area (Å²) < 4.78 is 0. The van der Waals surface area contributed by atoms with Crippen LogP contribution in [-0.4, -0.2) is 36.7 Å². The molecule has 1 atom stereocenters. The molecule has 92 valence electrons. The van der Waals surface area contributed by atoms with Gasteiger partial charge in [0.15, 0.2) is 0 Å². The van der Waals surface area contributed by atoms with Crippen LogP contribution in [0.5, 0.6) is 0 Å². The summed E-state index contributed by atoms with van der Waals surface area (Å²) in [7, 11) is 1.91. The van der Waals surface area contributed by atoms with E-state index >= 15 is 0 Å². The van der Waals surface area contributed by atoms with E-state index in [9.17, 15) is 4.79 Å². The number of hydrogen-bond donors (Lipinski definition) is 1. The molecule has 1 amide bonds. The minimum absolute atomic E-state index is 0.192. The number of nitrogens with one attached hydrogen (secondary N) is 1. The summed E-state index contributed by atoms with van der Waals surface area (Å²) in [4.78, 5) is 13.8. The first-order valence-electron chi connectivity index (χ1n) is 5.85. The molecule has 1 aliphatic rings. The summed E-state index contributed by atoms with van der Waals surface area (Å²) in [6, 6.07) is 8.31. The molecule has 4 heteroatoms. The highest BCUT2D eigenvalue weighted by Crippen LogP contribution is 2.39. The van der Waals surface area contributed by atoms with Gasteiger partial charge in [-0.1, -0.05) is 24.3 Å². The second-order valence-corrected chi connectivity index (χ2v) is 5.28. The van der Waals surface area contributed by atoms with Gasteiger partial charge >= 0.3 is 0 Å². The molecule has 0 radical (unpaired) electrons. The molecule has 0 bridgehead atoms. The van der Waals surface area contributed by atoms with E-state index in [1.54, 1.807) is 11.8 Å². The lowest BCUT2D eigenvalue weighted by Gasteiger charge is -2.25. The molecule has 17 heavy (non-hydrogen) atoms. The van der Waals surface area contributed by atoms with Crippen molar-refractivity contribution in [2.45, 2.75) is 12.3 Å². The molecular weight excluding hydrogens is 232 g/mol. The van der Waals surface area contributed by atoms with Crippen LogP contribution in [0.25, 0.3) is 0 Å². The van der Waals surface area contributed by atoms with Crippen LogP contribution in [0.15, 0.2) is 24.3 Å². The fourth-order valence-electron chi connectivity index (χ4n) is 2.05. The lowest BCUT2D eigenvalue weighted by molar-refractivity contribution is -0.128. The predicted molar refractivity (Wildman–Crippen MR) is 72.0 cm³/mol. The third-order valence-electron chi connectivity index (χ3n) is 3.03. The molecule has 1 aliphatic heterocycles. The van der Waals surface area contributed by atoms with Gasteiger partial charge in [-0.3, -0.25) is 4.79 Å². The van der Waals surface area contributed by atoms with Gasteiger partial charge in [0, 0.05) is 13.1 Å². The quantitative estimate of drug-likeness (QED) is 0.884. The highest BCUT2D eigenvalue weighted by Gasteiger charge is 2.32. The molecule has 2 rings (SSSR count). The van der Waals surface area contributed by atoms with Gasteiger partial charge in [-0.15, -0.1) is 11.8 Å². The van der Waals surface area contributed by atoms with Gasteiger partial charge in [-0.2, -0.15) is 0 Å². The average Bonchev–Trinajstić information content (AvgIpc) is 2.69.